The average molecular weight is 714 g/mol. The number of methoxy groups -OCH3 is 2. The summed E-state index contributed by atoms with van der Waals surface area (Å²) in [6, 6.07) is 1.55. The van der Waals surface area contributed by atoms with Crippen LogP contribution in [0.2, 0.25) is 5.02 Å². The molecule has 2 N–H and O–H groups in total. The number of halogens is 1. The number of nitrogens with zero attached hydrogens (tertiary/aromatic N) is 9. The van der Waals surface area contributed by atoms with Gasteiger partial charge in [-0.05, 0) is 12.5 Å². The van der Waals surface area contributed by atoms with Gasteiger partial charge in [-0.15, -0.1) is 5.10 Å². The molecule has 0 saturated heterocycles. The highest BCUT2D eigenvalue weighted by Gasteiger charge is 2.37. The van der Waals surface area contributed by atoms with Gasteiger partial charge >= 0.3 is 6.01 Å². The van der Waals surface area contributed by atoms with E-state index in [1.807, 2.05) is 4.57 Å². The monoisotopic (exact) mass is 713 g/mol. The minimum absolute atomic E-state index is 0.0688. The Morgan fingerprint density at radius 3 is 2.56 bits per heavy atom. The number of carbonyl (C=O) groups excluding carboxylic acids is 3. The normalized spacial score (nSPS) is 12.2. The summed E-state index contributed by atoms with van der Waals surface area (Å²) < 4.78 is 26.1. The van der Waals surface area contributed by atoms with Gasteiger partial charge in [0.15, 0.2) is 11.4 Å². The molecule has 4 aromatic heterocycles. The second kappa shape index (κ2) is 16.8. The molecule has 3 amide bonds. The first kappa shape index (κ1) is 35.9. The zero-order valence-electron chi connectivity index (χ0n) is 27.6. The fraction of sp³-hybridized carbons (Fsp3) is 0.433. The Balaban J connectivity index is 1.25. The molecule has 0 spiro atoms. The molecule has 4 aromatic rings. The van der Waals surface area contributed by atoms with Gasteiger partial charge in [0.05, 0.1) is 69.7 Å². The second-order valence-corrected chi connectivity index (χ2v) is 11.2. The van der Waals surface area contributed by atoms with E-state index in [0.717, 1.165) is 0 Å². The van der Waals surface area contributed by atoms with E-state index in [9.17, 15) is 19.2 Å². The topological polar surface area (TPSA) is 212 Å². The number of fused-ring (bicyclic) bond motifs is 1. The number of rotatable bonds is 19. The average Bonchev–Trinajstić information content (AvgIpc) is 3.82. The molecule has 0 fully saturated rings. The molecule has 1 aliphatic rings. The van der Waals surface area contributed by atoms with Crippen molar-refractivity contribution in [3.05, 3.63) is 57.1 Å². The summed E-state index contributed by atoms with van der Waals surface area (Å²) in [6.45, 7) is 2.87. The van der Waals surface area contributed by atoms with E-state index in [2.05, 4.69) is 35.9 Å². The van der Waals surface area contributed by atoms with Crippen LogP contribution < -0.4 is 30.6 Å². The number of anilines is 1. The number of aromatic nitrogens is 8. The molecule has 0 bridgehead atoms. The number of carbonyl (C=O) groups is 3. The fourth-order valence-electron chi connectivity index (χ4n) is 5.16. The van der Waals surface area contributed by atoms with Crippen molar-refractivity contribution in [1.82, 2.24) is 49.7 Å². The summed E-state index contributed by atoms with van der Waals surface area (Å²) >= 11 is 6.23. The van der Waals surface area contributed by atoms with E-state index < -0.39 is 11.8 Å². The number of hydrogen-bond acceptors (Lipinski definition) is 13. The summed E-state index contributed by atoms with van der Waals surface area (Å²) in [7, 11) is 4.45. The lowest BCUT2D eigenvalue weighted by Gasteiger charge is -2.18. The van der Waals surface area contributed by atoms with E-state index in [1.165, 1.54) is 48.3 Å². The first-order valence-electron chi connectivity index (χ1n) is 15.5. The highest BCUT2D eigenvalue weighted by molar-refractivity contribution is 6.30. The standard InChI is InChI=1S/C30H36ClN11O8/c1-39-15-19(31)13-22(28(39)45)42-17-23-24(29(42)46)35-25(20-14-34-30(48-3)36-27(20)47-2)41(23)8-4-7-40-16-21(37-38-40)26(44)33-6-10-50-12-11-49-9-5-32-18-43/h13-16,18H,4-12,17H2,1-3H3,(H,32,43)(H,33,44). The van der Waals surface area contributed by atoms with Gasteiger partial charge in [-0.2, -0.15) is 4.98 Å². The van der Waals surface area contributed by atoms with Crippen molar-refractivity contribution in [3.63, 3.8) is 0 Å². The first-order valence-corrected chi connectivity index (χ1v) is 15.9. The maximum absolute atomic E-state index is 13.7. The Morgan fingerprint density at radius 2 is 1.82 bits per heavy atom. The zero-order chi connectivity index (χ0) is 35.6. The van der Waals surface area contributed by atoms with Crippen LogP contribution in [-0.2, 0) is 41.0 Å². The number of aryl methyl sites for hydroxylation is 2. The van der Waals surface area contributed by atoms with Crippen molar-refractivity contribution in [2.24, 2.45) is 7.05 Å². The lowest BCUT2D eigenvalue weighted by atomic mass is 10.3. The number of imidazole rings is 1. The van der Waals surface area contributed by atoms with Crippen molar-refractivity contribution < 1.29 is 33.3 Å². The lowest BCUT2D eigenvalue weighted by Crippen LogP contribution is -2.32. The Kier molecular flexibility index (Phi) is 12.1. The van der Waals surface area contributed by atoms with Gasteiger partial charge in [-0.1, -0.05) is 16.8 Å². The van der Waals surface area contributed by atoms with Crippen molar-refractivity contribution in [3.8, 4) is 23.3 Å². The van der Waals surface area contributed by atoms with Crippen LogP contribution in [0.15, 0.2) is 29.5 Å². The van der Waals surface area contributed by atoms with Crippen molar-refractivity contribution in [1.29, 1.82) is 0 Å². The quantitative estimate of drug-likeness (QED) is 0.0974. The van der Waals surface area contributed by atoms with E-state index in [1.54, 1.807) is 11.7 Å². The van der Waals surface area contributed by atoms with E-state index >= 15 is 0 Å². The number of hydrogen-bond donors (Lipinski definition) is 2. The van der Waals surface area contributed by atoms with E-state index in [4.69, 9.17) is 30.5 Å². The highest BCUT2D eigenvalue weighted by Crippen LogP contribution is 2.35. The van der Waals surface area contributed by atoms with Gasteiger partial charge < -0.3 is 38.7 Å². The molecule has 19 nitrogen and oxygen atoms in total. The summed E-state index contributed by atoms with van der Waals surface area (Å²) in [6.07, 6.45) is 5.62. The van der Waals surface area contributed by atoms with Crippen LogP contribution in [0.1, 0.15) is 33.1 Å². The Bertz CT molecular complexity index is 1890. The molecule has 5 heterocycles. The van der Waals surface area contributed by atoms with Crippen molar-refractivity contribution >= 4 is 35.5 Å². The first-order chi connectivity index (χ1) is 24.2. The van der Waals surface area contributed by atoms with Crippen LogP contribution in [0.5, 0.6) is 11.9 Å². The number of amides is 3. The fourth-order valence-corrected chi connectivity index (χ4v) is 5.41. The van der Waals surface area contributed by atoms with Crippen molar-refractivity contribution in [2.75, 3.05) is 58.6 Å². The molecule has 50 heavy (non-hydrogen) atoms. The molecule has 5 rings (SSSR count). The summed E-state index contributed by atoms with van der Waals surface area (Å²) in [5, 5.41) is 13.6. The molecule has 0 aliphatic carbocycles. The van der Waals surface area contributed by atoms with Gasteiger partial charge in [0.25, 0.3) is 17.4 Å². The smallest absolute Gasteiger partial charge is 0.319 e. The maximum Gasteiger partial charge on any atom is 0.319 e. The van der Waals surface area contributed by atoms with Crippen LogP contribution in [0.4, 0.5) is 5.69 Å². The van der Waals surface area contributed by atoms with Crippen LogP contribution in [-0.4, -0.2) is 111 Å². The van der Waals surface area contributed by atoms with Crippen LogP contribution in [0, 0.1) is 0 Å². The van der Waals surface area contributed by atoms with E-state index in [0.29, 0.717) is 74.4 Å². The highest BCUT2D eigenvalue weighted by atomic mass is 35.5. The predicted molar refractivity (Wildman–Crippen MR) is 176 cm³/mol. The molecule has 0 aromatic carbocycles. The molecule has 0 atom stereocenters. The molecule has 266 valence electrons. The number of ether oxygens (including phenoxy) is 4. The third-order valence-corrected chi connectivity index (χ3v) is 7.72. The molecular weight excluding hydrogens is 678 g/mol. The Morgan fingerprint density at radius 1 is 1.04 bits per heavy atom. The molecule has 0 unspecified atom stereocenters. The SMILES string of the molecule is COc1ncc(-c2nc3c(n2CCCn2cc(C(=O)NCCOCCOCCNC=O)nn2)CN(c2cc(Cl)cn(C)c2=O)C3=O)c(OC)n1. The molecule has 20 heteroatoms. The molecule has 0 radical (unpaired) electrons. The molecule has 0 saturated carbocycles. The van der Waals surface area contributed by atoms with Gasteiger partial charge in [0, 0.05) is 45.6 Å². The minimum Gasteiger partial charge on any atom is -0.480 e. The maximum atomic E-state index is 13.7. The Hall–Kier alpha value is -5.40. The molecular formula is C30H36ClN11O8. The summed E-state index contributed by atoms with van der Waals surface area (Å²) in [5.74, 6) is -0.266. The summed E-state index contributed by atoms with van der Waals surface area (Å²) in [4.78, 5) is 63.9. The van der Waals surface area contributed by atoms with Crippen LogP contribution in [0.3, 0.4) is 0 Å². The largest absolute Gasteiger partial charge is 0.480 e. The van der Waals surface area contributed by atoms with Crippen LogP contribution >= 0.6 is 11.6 Å². The van der Waals surface area contributed by atoms with Gasteiger partial charge in [0.1, 0.15) is 11.5 Å². The third-order valence-electron chi connectivity index (χ3n) is 7.52. The van der Waals surface area contributed by atoms with E-state index in [-0.39, 0.29) is 54.2 Å². The predicted octanol–water partition coefficient (Wildman–Crippen LogP) is 0.0606. The third kappa shape index (κ3) is 8.24. The number of nitrogens with one attached hydrogen (secondary N) is 2. The van der Waals surface area contributed by atoms with Gasteiger partial charge in [-0.3, -0.25) is 28.8 Å². The summed E-state index contributed by atoms with van der Waals surface area (Å²) in [5.41, 5.74) is 1.08. The number of pyridine rings is 1. The van der Waals surface area contributed by atoms with Crippen LogP contribution in [0.25, 0.3) is 11.4 Å². The van der Waals surface area contributed by atoms with Crippen molar-refractivity contribution in [2.45, 2.75) is 26.1 Å². The molecule has 1 aliphatic heterocycles. The minimum atomic E-state index is -0.456. The van der Waals surface area contributed by atoms with Gasteiger partial charge in [-0.25, -0.2) is 9.97 Å². The lowest BCUT2D eigenvalue weighted by molar-refractivity contribution is -0.109. The van der Waals surface area contributed by atoms with Gasteiger partial charge in [0.2, 0.25) is 12.3 Å². The Labute approximate surface area is 290 Å². The second-order valence-electron chi connectivity index (χ2n) is 10.8. The zero-order valence-corrected chi connectivity index (χ0v) is 28.4.